The van der Waals surface area contributed by atoms with Crippen LogP contribution in [0.15, 0.2) is 12.3 Å². The molecule has 1 aliphatic rings. The lowest BCUT2D eigenvalue weighted by Crippen LogP contribution is -2.29. The Balaban J connectivity index is 2.16. The van der Waals surface area contributed by atoms with Crippen molar-refractivity contribution in [3.8, 4) is 0 Å². The second kappa shape index (κ2) is 4.26. The predicted molar refractivity (Wildman–Crippen MR) is 60.9 cm³/mol. The number of nitrogens with zero attached hydrogens (tertiary/aromatic N) is 3. The number of aromatic nitrogens is 2. The Morgan fingerprint density at radius 2 is 2.36 bits per heavy atom. The average Bonchev–Trinajstić information content (AvgIpc) is 2.97. The van der Waals surface area contributed by atoms with E-state index in [9.17, 15) is 0 Å². The normalized spacial score (nSPS) is 15.6. The van der Waals surface area contributed by atoms with Gasteiger partial charge in [0.05, 0.1) is 0 Å². The summed E-state index contributed by atoms with van der Waals surface area (Å²) in [5.41, 5.74) is 1.04. The van der Waals surface area contributed by atoms with Crippen LogP contribution in [-0.4, -0.2) is 27.9 Å². The average molecular weight is 256 g/mol. The third-order valence-electron chi connectivity index (χ3n) is 2.35. The molecule has 0 aromatic carbocycles. The van der Waals surface area contributed by atoms with Crippen LogP contribution < -0.4 is 4.90 Å². The van der Waals surface area contributed by atoms with E-state index in [0.29, 0.717) is 6.04 Å². The molecule has 3 nitrogen and oxygen atoms in total. The molecular weight excluding hydrogens is 242 g/mol. The fourth-order valence-electron chi connectivity index (χ4n) is 1.50. The molecule has 1 heterocycles. The van der Waals surface area contributed by atoms with Gasteiger partial charge in [-0.05, 0) is 25.8 Å². The highest BCUT2D eigenvalue weighted by Crippen LogP contribution is 2.29. The van der Waals surface area contributed by atoms with Crippen molar-refractivity contribution in [2.24, 2.45) is 0 Å². The molecule has 2 rings (SSSR count). The van der Waals surface area contributed by atoms with E-state index in [2.05, 4.69) is 30.8 Å². The summed E-state index contributed by atoms with van der Waals surface area (Å²) >= 11 is 3.46. The third kappa shape index (κ3) is 2.23. The fourth-order valence-corrected chi connectivity index (χ4v) is 1.88. The van der Waals surface area contributed by atoms with E-state index < -0.39 is 0 Å². The van der Waals surface area contributed by atoms with Crippen molar-refractivity contribution in [3.05, 3.63) is 18.0 Å². The van der Waals surface area contributed by atoms with Gasteiger partial charge in [-0.3, -0.25) is 0 Å². The molecule has 0 saturated heterocycles. The Hall–Kier alpha value is -0.640. The van der Waals surface area contributed by atoms with Gasteiger partial charge < -0.3 is 4.90 Å². The molecule has 1 fully saturated rings. The van der Waals surface area contributed by atoms with Crippen molar-refractivity contribution in [3.63, 3.8) is 0 Å². The highest BCUT2D eigenvalue weighted by molar-refractivity contribution is 9.09. The molecule has 76 valence electrons. The van der Waals surface area contributed by atoms with Crippen LogP contribution in [0.4, 0.5) is 5.95 Å². The first-order valence-electron chi connectivity index (χ1n) is 4.93. The zero-order valence-corrected chi connectivity index (χ0v) is 9.87. The molecule has 0 spiro atoms. The zero-order valence-electron chi connectivity index (χ0n) is 8.28. The number of anilines is 1. The number of hydrogen-bond acceptors (Lipinski definition) is 3. The number of alkyl halides is 1. The first kappa shape index (κ1) is 9.90. The van der Waals surface area contributed by atoms with Gasteiger partial charge in [0.1, 0.15) is 0 Å². The third-order valence-corrected chi connectivity index (χ3v) is 2.71. The molecule has 1 saturated carbocycles. The lowest BCUT2D eigenvalue weighted by atomic mass is 10.4. The summed E-state index contributed by atoms with van der Waals surface area (Å²) in [6, 6.07) is 2.61. The SMILES string of the molecule is Cc1ccnc(N(CCBr)C2CC2)n1. The molecule has 0 atom stereocenters. The van der Waals surface area contributed by atoms with Gasteiger partial charge >= 0.3 is 0 Å². The second-order valence-corrected chi connectivity index (χ2v) is 4.40. The van der Waals surface area contributed by atoms with E-state index in [-0.39, 0.29) is 0 Å². The predicted octanol–water partition coefficient (Wildman–Crippen LogP) is 2.15. The molecule has 1 aromatic rings. The molecule has 14 heavy (non-hydrogen) atoms. The molecule has 0 aliphatic heterocycles. The number of hydrogen-bond donors (Lipinski definition) is 0. The maximum absolute atomic E-state index is 4.45. The van der Waals surface area contributed by atoms with Crippen LogP contribution in [0.3, 0.4) is 0 Å². The molecule has 0 amide bonds. The van der Waals surface area contributed by atoms with Crippen LogP contribution in [-0.2, 0) is 0 Å². The highest BCUT2D eigenvalue weighted by atomic mass is 79.9. The second-order valence-electron chi connectivity index (χ2n) is 3.61. The number of halogens is 1. The van der Waals surface area contributed by atoms with Gasteiger partial charge in [0.25, 0.3) is 0 Å². The highest BCUT2D eigenvalue weighted by Gasteiger charge is 2.30. The molecule has 0 radical (unpaired) electrons. The monoisotopic (exact) mass is 255 g/mol. The first-order valence-corrected chi connectivity index (χ1v) is 6.05. The van der Waals surface area contributed by atoms with Crippen LogP contribution in [0.5, 0.6) is 0 Å². The summed E-state index contributed by atoms with van der Waals surface area (Å²) in [6.07, 6.45) is 4.40. The first-order chi connectivity index (χ1) is 6.81. The van der Waals surface area contributed by atoms with Crippen LogP contribution in [0.2, 0.25) is 0 Å². The van der Waals surface area contributed by atoms with Gasteiger partial charge in [0.2, 0.25) is 5.95 Å². The minimum atomic E-state index is 0.675. The van der Waals surface area contributed by atoms with E-state index in [4.69, 9.17) is 0 Å². The fraction of sp³-hybridized carbons (Fsp3) is 0.600. The van der Waals surface area contributed by atoms with Crippen molar-refractivity contribution in [2.45, 2.75) is 25.8 Å². The molecule has 4 heteroatoms. The maximum atomic E-state index is 4.45. The van der Waals surface area contributed by atoms with E-state index in [1.807, 2.05) is 19.2 Å². The standard InChI is InChI=1S/C10H14BrN3/c1-8-4-6-12-10(13-8)14(7-5-11)9-2-3-9/h4,6,9H,2-3,5,7H2,1H3. The molecule has 1 aliphatic carbocycles. The molecule has 0 N–H and O–H groups in total. The van der Waals surface area contributed by atoms with Crippen molar-refractivity contribution >= 4 is 21.9 Å². The van der Waals surface area contributed by atoms with E-state index in [1.54, 1.807) is 0 Å². The minimum absolute atomic E-state index is 0.675. The van der Waals surface area contributed by atoms with Gasteiger partial charge in [-0.1, -0.05) is 15.9 Å². The van der Waals surface area contributed by atoms with Crippen LogP contribution in [0.25, 0.3) is 0 Å². The Morgan fingerprint density at radius 1 is 1.57 bits per heavy atom. The summed E-state index contributed by atoms with van der Waals surface area (Å²) in [6.45, 7) is 3.00. The molecule has 0 unspecified atom stereocenters. The minimum Gasteiger partial charge on any atom is -0.337 e. The summed E-state index contributed by atoms with van der Waals surface area (Å²) in [4.78, 5) is 11.1. The van der Waals surface area contributed by atoms with E-state index in [0.717, 1.165) is 23.5 Å². The topological polar surface area (TPSA) is 29.0 Å². The molecule has 0 bridgehead atoms. The van der Waals surface area contributed by atoms with Gasteiger partial charge in [0.15, 0.2) is 0 Å². The van der Waals surface area contributed by atoms with Crippen molar-refractivity contribution in [1.82, 2.24) is 9.97 Å². The summed E-state index contributed by atoms with van der Waals surface area (Å²) in [5.74, 6) is 0.881. The Kier molecular flexibility index (Phi) is 3.01. The van der Waals surface area contributed by atoms with Crippen LogP contribution >= 0.6 is 15.9 Å². The van der Waals surface area contributed by atoms with Gasteiger partial charge in [-0.2, -0.15) is 0 Å². The van der Waals surface area contributed by atoms with Gasteiger partial charge in [-0.15, -0.1) is 0 Å². The zero-order chi connectivity index (χ0) is 9.97. The smallest absolute Gasteiger partial charge is 0.225 e. The van der Waals surface area contributed by atoms with Crippen molar-refractivity contribution in [2.75, 3.05) is 16.8 Å². The van der Waals surface area contributed by atoms with Crippen molar-refractivity contribution < 1.29 is 0 Å². The largest absolute Gasteiger partial charge is 0.337 e. The summed E-state index contributed by atoms with van der Waals surface area (Å²) < 4.78 is 0. The van der Waals surface area contributed by atoms with Crippen LogP contribution in [0, 0.1) is 6.92 Å². The van der Waals surface area contributed by atoms with E-state index in [1.165, 1.54) is 12.8 Å². The summed E-state index contributed by atoms with van der Waals surface area (Å²) in [7, 11) is 0. The molecule has 1 aromatic heterocycles. The maximum Gasteiger partial charge on any atom is 0.225 e. The Bertz CT molecular complexity index is 312. The summed E-state index contributed by atoms with van der Waals surface area (Å²) in [5, 5.41) is 0.973. The lowest BCUT2D eigenvalue weighted by molar-refractivity contribution is 0.789. The number of rotatable bonds is 4. The van der Waals surface area contributed by atoms with E-state index >= 15 is 0 Å². The Labute approximate surface area is 92.7 Å². The van der Waals surface area contributed by atoms with Gasteiger partial charge in [0, 0.05) is 29.8 Å². The molecular formula is C10H14BrN3. The number of aryl methyl sites for hydroxylation is 1. The van der Waals surface area contributed by atoms with Crippen molar-refractivity contribution in [1.29, 1.82) is 0 Å². The quantitative estimate of drug-likeness (QED) is 0.773. The Morgan fingerprint density at radius 3 is 2.93 bits per heavy atom. The van der Waals surface area contributed by atoms with Gasteiger partial charge in [-0.25, -0.2) is 9.97 Å². The van der Waals surface area contributed by atoms with Crippen LogP contribution in [0.1, 0.15) is 18.5 Å². The lowest BCUT2D eigenvalue weighted by Gasteiger charge is -2.21.